The van der Waals surface area contributed by atoms with E-state index in [2.05, 4.69) is 11.9 Å². The molecule has 0 saturated heterocycles. The number of hydrogen-bond acceptors (Lipinski definition) is 5. The Labute approximate surface area is 259 Å². The van der Waals surface area contributed by atoms with Crippen LogP contribution in [-0.2, 0) is 11.3 Å². The molecule has 0 aliphatic rings. The third-order valence-corrected chi connectivity index (χ3v) is 7.52. The highest BCUT2D eigenvalue weighted by Gasteiger charge is 2.40. The van der Waals surface area contributed by atoms with Gasteiger partial charge in [0, 0.05) is 35.8 Å². The van der Waals surface area contributed by atoms with Crippen molar-refractivity contribution in [2.75, 3.05) is 0 Å². The van der Waals surface area contributed by atoms with Gasteiger partial charge in [0.1, 0.15) is 17.4 Å². The molecule has 0 saturated carbocycles. The van der Waals surface area contributed by atoms with Gasteiger partial charge in [0.25, 0.3) is 5.91 Å². The zero-order chi connectivity index (χ0) is 32.8. The van der Waals surface area contributed by atoms with Crippen LogP contribution in [-0.4, -0.2) is 55.0 Å². The number of carboxylic acid groups (broad SMARTS) is 2. The molecule has 0 radical (unpaired) electrons. The second-order valence-corrected chi connectivity index (χ2v) is 10.9. The fourth-order valence-corrected chi connectivity index (χ4v) is 5.44. The number of aliphatic hydroxyl groups is 2. The second kappa shape index (κ2) is 14.1. The number of aliphatic hydroxyl groups excluding tert-OH is 2. The van der Waals surface area contributed by atoms with Crippen LogP contribution < -0.4 is 5.32 Å². The van der Waals surface area contributed by atoms with E-state index in [9.17, 15) is 39.2 Å². The topological polar surface area (TPSA) is 149 Å². The maximum absolute atomic E-state index is 14.2. The molecule has 234 valence electrons. The lowest BCUT2D eigenvalue weighted by atomic mass is 9.87. The Morgan fingerprint density at radius 3 is 2.02 bits per heavy atom. The number of hydrogen-bond donors (Lipinski definition) is 5. The highest BCUT2D eigenvalue weighted by molar-refractivity contribution is 6.06. The monoisotopic (exact) mass is 614 g/mol. The number of nitrogens with zero attached hydrogens (tertiary/aromatic N) is 1. The minimum absolute atomic E-state index is 0.0357. The Kier molecular flexibility index (Phi) is 10.3. The first-order valence-corrected chi connectivity index (χ1v) is 14.4. The van der Waals surface area contributed by atoms with E-state index in [4.69, 9.17) is 0 Å². The minimum atomic E-state index is -1.60. The summed E-state index contributed by atoms with van der Waals surface area (Å²) in [4.78, 5) is 38.4. The molecule has 45 heavy (non-hydrogen) atoms. The lowest BCUT2D eigenvalue weighted by Crippen LogP contribution is -2.33. The van der Waals surface area contributed by atoms with Crippen molar-refractivity contribution in [2.45, 2.75) is 51.0 Å². The van der Waals surface area contributed by atoms with Crippen molar-refractivity contribution in [2.24, 2.45) is 0 Å². The standard InChI is InChI=1S/C35H35FN2O7/c1-4-26(39)18-27(40)30(35(44)45)31-28(23-14-16-25(36)17-15-23)29(22-8-6-5-7-9-22)32(38(31)20(2)3)33(41)37-19-21-10-12-24(13-11-21)34(42)43/h4-17,20,26-27,30,39-40H,1,18-19H2,2-3H3,(H,37,41)(H,42,43)(H,44,45)/t26-,27-,30?/m1/s1. The fraction of sp³-hybridized carbons (Fsp3) is 0.229. The number of aliphatic carboxylic acids is 1. The van der Waals surface area contributed by atoms with Gasteiger partial charge >= 0.3 is 11.9 Å². The Balaban J connectivity index is 2.01. The van der Waals surface area contributed by atoms with Gasteiger partial charge in [0.05, 0.1) is 17.8 Å². The van der Waals surface area contributed by atoms with E-state index in [0.717, 1.165) is 0 Å². The van der Waals surface area contributed by atoms with E-state index in [0.29, 0.717) is 27.8 Å². The van der Waals surface area contributed by atoms with Crippen LogP contribution in [0.5, 0.6) is 0 Å². The summed E-state index contributed by atoms with van der Waals surface area (Å²) in [5.41, 5.74) is 2.67. The van der Waals surface area contributed by atoms with Gasteiger partial charge < -0.3 is 30.3 Å². The van der Waals surface area contributed by atoms with Crippen LogP contribution in [0.4, 0.5) is 4.39 Å². The molecular formula is C35H35FN2O7. The van der Waals surface area contributed by atoms with E-state index in [-0.39, 0.29) is 29.9 Å². The average molecular weight is 615 g/mol. The lowest BCUT2D eigenvalue weighted by molar-refractivity contribution is -0.142. The van der Waals surface area contributed by atoms with E-state index >= 15 is 0 Å². The minimum Gasteiger partial charge on any atom is -0.481 e. The number of rotatable bonds is 13. The summed E-state index contributed by atoms with van der Waals surface area (Å²) in [5.74, 6) is -5.13. The normalized spacial score (nSPS) is 13.2. The van der Waals surface area contributed by atoms with Gasteiger partial charge in [-0.05, 0) is 54.8 Å². The Hall–Kier alpha value is -5.06. The van der Waals surface area contributed by atoms with Crippen molar-refractivity contribution >= 4 is 17.8 Å². The molecule has 1 aromatic heterocycles. The molecule has 1 amide bonds. The van der Waals surface area contributed by atoms with Gasteiger partial charge in [-0.25, -0.2) is 9.18 Å². The van der Waals surface area contributed by atoms with Gasteiger partial charge in [0.15, 0.2) is 0 Å². The van der Waals surface area contributed by atoms with Gasteiger partial charge in [-0.15, -0.1) is 6.58 Å². The molecular weight excluding hydrogens is 579 g/mol. The molecule has 3 atom stereocenters. The summed E-state index contributed by atoms with van der Waals surface area (Å²) in [6, 6.07) is 19.8. The van der Waals surface area contributed by atoms with Gasteiger partial charge in [-0.1, -0.05) is 60.7 Å². The first-order chi connectivity index (χ1) is 21.4. The first kappa shape index (κ1) is 32.8. The van der Waals surface area contributed by atoms with Gasteiger partial charge in [0.2, 0.25) is 0 Å². The number of aromatic carboxylic acids is 1. The Morgan fingerprint density at radius 1 is 0.889 bits per heavy atom. The van der Waals surface area contributed by atoms with Crippen LogP contribution in [0.1, 0.15) is 64.3 Å². The summed E-state index contributed by atoms with van der Waals surface area (Å²) >= 11 is 0. The number of aromatic nitrogens is 1. The average Bonchev–Trinajstić information content (AvgIpc) is 3.36. The van der Waals surface area contributed by atoms with Crippen LogP contribution in [0.25, 0.3) is 22.3 Å². The smallest absolute Gasteiger partial charge is 0.335 e. The van der Waals surface area contributed by atoms with Crippen molar-refractivity contribution < 1.29 is 39.2 Å². The maximum Gasteiger partial charge on any atom is 0.335 e. The molecule has 0 aliphatic heterocycles. The van der Waals surface area contributed by atoms with Gasteiger partial charge in [-0.2, -0.15) is 0 Å². The molecule has 9 nitrogen and oxygen atoms in total. The maximum atomic E-state index is 14.2. The summed E-state index contributed by atoms with van der Waals surface area (Å²) in [5, 5.41) is 44.1. The number of halogens is 1. The predicted octanol–water partition coefficient (Wildman–Crippen LogP) is 5.64. The zero-order valence-electron chi connectivity index (χ0n) is 24.9. The van der Waals surface area contributed by atoms with E-state index in [1.165, 1.54) is 42.5 Å². The van der Waals surface area contributed by atoms with Crippen LogP contribution in [0.3, 0.4) is 0 Å². The number of benzene rings is 3. The van der Waals surface area contributed by atoms with Crippen molar-refractivity contribution in [1.82, 2.24) is 9.88 Å². The number of carboxylic acids is 2. The summed E-state index contributed by atoms with van der Waals surface area (Å²) < 4.78 is 15.7. The van der Waals surface area contributed by atoms with Crippen LogP contribution in [0.15, 0.2) is 91.5 Å². The molecule has 3 aromatic carbocycles. The molecule has 5 N–H and O–H groups in total. The Bertz CT molecular complexity index is 1680. The summed E-state index contributed by atoms with van der Waals surface area (Å²) in [6.07, 6.45) is -1.92. The molecule has 1 unspecified atom stereocenters. The van der Waals surface area contributed by atoms with Crippen LogP contribution in [0.2, 0.25) is 0 Å². The molecule has 0 fully saturated rings. The van der Waals surface area contributed by atoms with Gasteiger partial charge in [-0.3, -0.25) is 9.59 Å². The number of carbonyl (C=O) groups excluding carboxylic acids is 1. The lowest BCUT2D eigenvalue weighted by Gasteiger charge is -2.26. The SMILES string of the molecule is C=C[C@@H](O)C[C@@H](O)C(C(=O)O)c1c(-c2ccc(F)cc2)c(-c2ccccc2)c(C(=O)NCc2ccc(C(=O)O)cc2)n1C(C)C. The predicted molar refractivity (Wildman–Crippen MR) is 167 cm³/mol. The second-order valence-electron chi connectivity index (χ2n) is 10.9. The molecule has 0 spiro atoms. The summed E-state index contributed by atoms with van der Waals surface area (Å²) in [7, 11) is 0. The number of amides is 1. The molecule has 0 aliphatic carbocycles. The summed E-state index contributed by atoms with van der Waals surface area (Å²) in [6.45, 7) is 7.11. The van der Waals surface area contributed by atoms with Crippen LogP contribution >= 0.6 is 0 Å². The third-order valence-electron chi connectivity index (χ3n) is 7.52. The number of nitrogens with one attached hydrogen (secondary N) is 1. The zero-order valence-corrected chi connectivity index (χ0v) is 24.9. The van der Waals surface area contributed by atoms with E-state index in [1.54, 1.807) is 60.9 Å². The van der Waals surface area contributed by atoms with Crippen molar-refractivity contribution in [3.05, 3.63) is 120 Å². The first-order valence-electron chi connectivity index (χ1n) is 14.4. The molecule has 1 heterocycles. The molecule has 4 aromatic rings. The molecule has 4 rings (SSSR count). The third kappa shape index (κ3) is 7.19. The van der Waals surface area contributed by atoms with Crippen LogP contribution in [0, 0.1) is 5.82 Å². The van der Waals surface area contributed by atoms with E-state index < -0.39 is 47.8 Å². The fourth-order valence-electron chi connectivity index (χ4n) is 5.44. The quantitative estimate of drug-likeness (QED) is 0.122. The van der Waals surface area contributed by atoms with Crippen molar-refractivity contribution in [3.63, 3.8) is 0 Å². The Morgan fingerprint density at radius 2 is 1.49 bits per heavy atom. The number of carbonyl (C=O) groups is 3. The van der Waals surface area contributed by atoms with Crippen molar-refractivity contribution in [3.8, 4) is 22.3 Å². The highest BCUT2D eigenvalue weighted by atomic mass is 19.1. The van der Waals surface area contributed by atoms with E-state index in [1.807, 2.05) is 0 Å². The molecule has 0 bridgehead atoms. The highest BCUT2D eigenvalue weighted by Crippen LogP contribution is 2.46. The largest absolute Gasteiger partial charge is 0.481 e. The molecule has 10 heteroatoms. The van der Waals surface area contributed by atoms with Crippen molar-refractivity contribution in [1.29, 1.82) is 0 Å².